The maximum Gasteiger partial charge on any atom is 0.229 e. The van der Waals surface area contributed by atoms with E-state index in [0.29, 0.717) is 5.56 Å². The van der Waals surface area contributed by atoms with Crippen LogP contribution in [0, 0.1) is 0 Å². The Morgan fingerprint density at radius 1 is 0.791 bits per heavy atom. The van der Waals surface area contributed by atoms with Crippen LogP contribution in [0.15, 0.2) is 45.6 Å². The molecule has 234 valence electrons. The number of hydrogen-bond donors (Lipinski definition) is 8. The fraction of sp³-hybridized carbons (Fsp3) is 0.464. The summed E-state index contributed by atoms with van der Waals surface area (Å²) in [6.45, 7) is 0.953. The lowest BCUT2D eigenvalue weighted by molar-refractivity contribution is -0.318. The van der Waals surface area contributed by atoms with Crippen LogP contribution in [0.3, 0.4) is 0 Å². The molecule has 0 saturated carbocycles. The van der Waals surface area contributed by atoms with Crippen molar-refractivity contribution in [3.8, 4) is 34.3 Å². The van der Waals surface area contributed by atoms with Crippen LogP contribution < -0.4 is 14.9 Å². The van der Waals surface area contributed by atoms with Crippen LogP contribution in [0.5, 0.6) is 23.0 Å². The summed E-state index contributed by atoms with van der Waals surface area (Å²) in [7, 11) is 1.38. The molecule has 5 rings (SSSR count). The fourth-order valence-electron chi connectivity index (χ4n) is 4.92. The molecular weight excluding hydrogens is 576 g/mol. The van der Waals surface area contributed by atoms with Gasteiger partial charge < -0.3 is 69.0 Å². The van der Waals surface area contributed by atoms with Gasteiger partial charge in [-0.25, -0.2) is 0 Å². The Morgan fingerprint density at radius 2 is 1.49 bits per heavy atom. The van der Waals surface area contributed by atoms with E-state index in [9.17, 15) is 45.6 Å². The van der Waals surface area contributed by atoms with E-state index < -0.39 is 79.2 Å². The Morgan fingerprint density at radius 3 is 2.19 bits per heavy atom. The van der Waals surface area contributed by atoms with Crippen LogP contribution in [0.1, 0.15) is 6.92 Å². The van der Waals surface area contributed by atoms with Crippen molar-refractivity contribution in [2.45, 2.75) is 68.3 Å². The van der Waals surface area contributed by atoms with Gasteiger partial charge in [0.05, 0.1) is 19.8 Å². The van der Waals surface area contributed by atoms with Crippen LogP contribution >= 0.6 is 0 Å². The Hall–Kier alpha value is -3.51. The van der Waals surface area contributed by atoms with Gasteiger partial charge in [-0.15, -0.1) is 0 Å². The highest BCUT2D eigenvalue weighted by Crippen LogP contribution is 2.35. The quantitative estimate of drug-likeness (QED) is 0.159. The second-order valence-corrected chi connectivity index (χ2v) is 10.3. The molecule has 0 unspecified atom stereocenters. The Balaban J connectivity index is 1.36. The number of methoxy groups -OCH3 is 1. The monoisotopic (exact) mass is 608 g/mol. The van der Waals surface area contributed by atoms with Crippen molar-refractivity contribution in [3.63, 3.8) is 0 Å². The number of benzene rings is 2. The first kappa shape index (κ1) is 30.9. The molecule has 2 aliphatic heterocycles. The molecule has 3 aromatic rings. The molecule has 15 heteroatoms. The predicted octanol–water partition coefficient (Wildman–Crippen LogP) is -1.09. The molecule has 0 radical (unpaired) electrons. The summed E-state index contributed by atoms with van der Waals surface area (Å²) < 4.78 is 32.9. The molecule has 1 aromatic heterocycles. The minimum absolute atomic E-state index is 0.0517. The van der Waals surface area contributed by atoms with Gasteiger partial charge in [0.25, 0.3) is 0 Å². The number of phenols is 2. The summed E-state index contributed by atoms with van der Waals surface area (Å²) >= 11 is 0. The van der Waals surface area contributed by atoms with E-state index in [2.05, 4.69) is 0 Å². The van der Waals surface area contributed by atoms with Gasteiger partial charge in [-0.05, 0) is 25.1 Å². The fourth-order valence-corrected chi connectivity index (χ4v) is 4.92. The summed E-state index contributed by atoms with van der Waals surface area (Å²) in [5, 5.41) is 82.0. The second kappa shape index (κ2) is 12.2. The van der Waals surface area contributed by atoms with E-state index >= 15 is 0 Å². The van der Waals surface area contributed by atoms with Crippen molar-refractivity contribution < 1.29 is 69.0 Å². The molecule has 0 amide bonds. The van der Waals surface area contributed by atoms with Gasteiger partial charge in [0.1, 0.15) is 71.0 Å². The number of rotatable bonds is 7. The van der Waals surface area contributed by atoms with Gasteiger partial charge in [0.15, 0.2) is 23.2 Å². The highest BCUT2D eigenvalue weighted by molar-refractivity contribution is 5.86. The van der Waals surface area contributed by atoms with Gasteiger partial charge in [-0.2, -0.15) is 0 Å². The Kier molecular flexibility index (Phi) is 8.80. The first-order chi connectivity index (χ1) is 20.4. The lowest BCUT2D eigenvalue weighted by atomic mass is 9.98. The number of fused-ring (bicyclic) bond motifs is 1. The maximum atomic E-state index is 12.8. The van der Waals surface area contributed by atoms with E-state index in [4.69, 9.17) is 28.1 Å². The van der Waals surface area contributed by atoms with Crippen LogP contribution in [0.4, 0.5) is 0 Å². The third kappa shape index (κ3) is 5.99. The van der Waals surface area contributed by atoms with E-state index in [1.165, 1.54) is 32.2 Å². The maximum absolute atomic E-state index is 12.8. The van der Waals surface area contributed by atoms with Crippen molar-refractivity contribution in [2.75, 3.05) is 13.7 Å². The van der Waals surface area contributed by atoms with Crippen molar-refractivity contribution in [1.29, 1.82) is 0 Å². The summed E-state index contributed by atoms with van der Waals surface area (Å²) in [5.41, 5.74) is -0.381. The van der Waals surface area contributed by atoms with E-state index in [1.807, 2.05) is 0 Å². The number of aliphatic hydroxyl groups excluding tert-OH is 6. The summed E-state index contributed by atoms with van der Waals surface area (Å²) in [6.07, 6.45) is -15.0. The van der Waals surface area contributed by atoms with Crippen molar-refractivity contribution in [2.24, 2.45) is 0 Å². The zero-order chi connectivity index (χ0) is 31.2. The van der Waals surface area contributed by atoms with Gasteiger partial charge in [-0.1, -0.05) is 0 Å². The second-order valence-electron chi connectivity index (χ2n) is 10.3. The Bertz CT molecular complexity index is 1510. The zero-order valence-electron chi connectivity index (χ0n) is 22.9. The number of phenolic OH excluding ortho intramolecular Hbond substituents is 2. The molecule has 2 fully saturated rings. The lowest BCUT2D eigenvalue weighted by Crippen LogP contribution is -2.61. The van der Waals surface area contributed by atoms with Crippen molar-refractivity contribution in [1.82, 2.24) is 0 Å². The van der Waals surface area contributed by atoms with Gasteiger partial charge in [0.2, 0.25) is 6.29 Å². The van der Waals surface area contributed by atoms with Gasteiger partial charge in [0, 0.05) is 23.8 Å². The predicted molar refractivity (Wildman–Crippen MR) is 143 cm³/mol. The normalized spacial score (nSPS) is 32.9. The van der Waals surface area contributed by atoms with Gasteiger partial charge >= 0.3 is 0 Å². The Labute approximate surface area is 243 Å². The minimum Gasteiger partial charge on any atom is -0.507 e. The molecular formula is C28H32O15. The lowest BCUT2D eigenvalue weighted by Gasteiger charge is -2.42. The highest BCUT2D eigenvalue weighted by atomic mass is 16.7. The summed E-state index contributed by atoms with van der Waals surface area (Å²) in [4.78, 5) is 12.8. The van der Waals surface area contributed by atoms with Gasteiger partial charge in [-0.3, -0.25) is 4.79 Å². The average molecular weight is 609 g/mol. The molecule has 2 saturated heterocycles. The van der Waals surface area contributed by atoms with E-state index in [1.54, 1.807) is 6.07 Å². The summed E-state index contributed by atoms with van der Waals surface area (Å²) in [5.74, 6) is -0.605. The number of ether oxygens (including phenoxy) is 5. The first-order valence-electron chi connectivity index (χ1n) is 13.3. The molecule has 0 aliphatic carbocycles. The minimum atomic E-state index is -1.78. The van der Waals surface area contributed by atoms with Crippen LogP contribution in [0.2, 0.25) is 0 Å². The topological polar surface area (TPSA) is 238 Å². The first-order valence-corrected chi connectivity index (χ1v) is 13.3. The third-order valence-corrected chi connectivity index (χ3v) is 7.40. The molecule has 0 spiro atoms. The summed E-state index contributed by atoms with van der Waals surface area (Å²) in [6, 6.07) is 7.78. The molecule has 0 bridgehead atoms. The molecule has 10 atom stereocenters. The zero-order valence-corrected chi connectivity index (χ0v) is 22.9. The largest absolute Gasteiger partial charge is 0.507 e. The van der Waals surface area contributed by atoms with Crippen molar-refractivity contribution in [3.05, 3.63) is 46.6 Å². The standard InChI is InChI=1S/C28H32O15/c1-10-21(32)23(34)25(36)27(40-10)39-9-19-22(33)24(35)26(37)28(43-19)41-12-6-14(30)20-15(31)8-17(42-18(20)7-12)11-3-4-16(38-2)13(29)5-11/h3-8,10,19,21-30,32-37H,9H2,1-2H3/t10-,19-,21+,22-,23-,24-,25-,26+,27-,28-/m1/s1. The van der Waals surface area contributed by atoms with E-state index in [-0.39, 0.29) is 34.0 Å². The highest BCUT2D eigenvalue weighted by Gasteiger charge is 2.47. The molecule has 3 heterocycles. The number of aliphatic hydroxyl groups is 6. The molecule has 2 aliphatic rings. The molecule has 15 nitrogen and oxygen atoms in total. The smallest absolute Gasteiger partial charge is 0.229 e. The third-order valence-electron chi connectivity index (χ3n) is 7.40. The van der Waals surface area contributed by atoms with Crippen LogP contribution in [-0.4, -0.2) is 116 Å². The van der Waals surface area contributed by atoms with Crippen LogP contribution in [-0.2, 0) is 14.2 Å². The molecule has 43 heavy (non-hydrogen) atoms. The van der Waals surface area contributed by atoms with Crippen molar-refractivity contribution >= 4 is 11.0 Å². The van der Waals surface area contributed by atoms with E-state index in [0.717, 1.165) is 12.1 Å². The average Bonchev–Trinajstić information content (AvgIpc) is 2.97. The number of aromatic hydroxyl groups is 2. The number of hydrogen-bond acceptors (Lipinski definition) is 15. The molecule has 2 aromatic carbocycles. The molecule has 8 N–H and O–H groups in total. The SMILES string of the molecule is COc1ccc(-c2cc(=O)c3c(O)cc(O[C@@H]4O[C@H](CO[C@@H]5O[C@H](C)[C@H](O)[C@@H](O)[C@H]5O)[C@@H](O)[C@@H](O)[C@@H]4O)cc3o2)cc1O. The van der Waals surface area contributed by atoms with Crippen LogP contribution in [0.25, 0.3) is 22.3 Å².